The van der Waals surface area contributed by atoms with Crippen LogP contribution in [0.5, 0.6) is 0 Å². The monoisotopic (exact) mass is 179 g/mol. The lowest BCUT2D eigenvalue weighted by Crippen LogP contribution is -1.87. The lowest BCUT2D eigenvalue weighted by atomic mass is 10.1. The van der Waals surface area contributed by atoms with Crippen LogP contribution in [0.1, 0.15) is 13.8 Å². The molecule has 0 heterocycles. The first-order valence-electron chi connectivity index (χ1n) is 4.51. The van der Waals surface area contributed by atoms with Crippen LogP contribution in [0.3, 0.4) is 0 Å². The highest BCUT2D eigenvalue weighted by Gasteiger charge is 1.84. The van der Waals surface area contributed by atoms with Gasteiger partial charge in [-0.15, -0.1) is 0 Å². The molecule has 0 spiro atoms. The summed E-state index contributed by atoms with van der Waals surface area (Å²) in [5.41, 5.74) is 4.85. The van der Waals surface area contributed by atoms with E-state index in [1.54, 1.807) is 12.2 Å². The van der Waals surface area contributed by atoms with Crippen LogP contribution < -0.4 is 5.73 Å². The van der Waals surface area contributed by atoms with Crippen LogP contribution >= 0.6 is 0 Å². The number of hydrogen-bond acceptors (Lipinski definition) is 1. The molecule has 74 valence electrons. The predicted octanol–water partition coefficient (Wildman–Crippen LogP) is 3.07. The van der Waals surface area contributed by atoms with Crippen molar-refractivity contribution in [1.29, 1.82) is 0 Å². The van der Waals surface area contributed by atoms with Crippen LogP contribution in [0.25, 0.3) is 0 Å². The minimum Gasteiger partial charge on any atom is -0.331 e. The molecule has 13 heavy (non-hydrogen) atoms. The number of nitrogens with two attached hydrogens (primary N) is 1. The lowest BCUT2D eigenvalue weighted by Gasteiger charge is -1.93. The minimum atomic E-state index is 0.469. The molecule has 0 aromatic heterocycles. The van der Waals surface area contributed by atoms with Crippen molar-refractivity contribution < 1.29 is 0 Å². The summed E-state index contributed by atoms with van der Waals surface area (Å²) in [4.78, 5) is 0. The summed E-state index contributed by atoms with van der Waals surface area (Å²) in [6.45, 7) is 11.9. The van der Waals surface area contributed by atoms with E-state index in [4.69, 9.17) is 5.73 Å². The topological polar surface area (TPSA) is 26.0 Å². The number of hydrogen-bond donors (Lipinski definition) is 1. The predicted molar refractivity (Wildman–Crippen MR) is 62.6 cm³/mol. The molecule has 2 N–H and O–H groups in total. The van der Waals surface area contributed by atoms with Crippen molar-refractivity contribution in [3.8, 4) is 0 Å². The molecule has 0 aromatic rings. The van der Waals surface area contributed by atoms with E-state index in [1.165, 1.54) is 0 Å². The highest BCUT2D eigenvalue weighted by Crippen LogP contribution is 1.98. The minimum absolute atomic E-state index is 0.469. The summed E-state index contributed by atoms with van der Waals surface area (Å²) in [5, 5.41) is 0. The molecule has 0 saturated carbocycles. The van der Waals surface area contributed by atoms with Crippen LogP contribution in [0.15, 0.2) is 49.6 Å². The van der Waals surface area contributed by atoms with Crippen LogP contribution in [0.2, 0.25) is 0 Å². The van der Waals surface area contributed by atoms with Crippen molar-refractivity contribution in [2.45, 2.75) is 13.8 Å². The largest absolute Gasteiger partial charge is 0.331 e. The molecule has 0 radical (unpaired) electrons. The zero-order chi connectivity index (χ0) is 10.5. The van der Waals surface area contributed by atoms with Gasteiger partial charge in [0.05, 0.1) is 0 Å². The SMILES string of the molecule is C=C/C=C\C(C)/C=C\C=C.CCN. The van der Waals surface area contributed by atoms with Crippen molar-refractivity contribution in [1.82, 2.24) is 0 Å². The molecule has 0 atom stereocenters. The molecule has 0 saturated heterocycles. The molecule has 1 heteroatoms. The van der Waals surface area contributed by atoms with Crippen LogP contribution in [-0.4, -0.2) is 6.54 Å². The van der Waals surface area contributed by atoms with Gasteiger partial charge in [0.25, 0.3) is 0 Å². The third-order valence-electron chi connectivity index (χ3n) is 1.10. The van der Waals surface area contributed by atoms with E-state index in [0.29, 0.717) is 5.92 Å². The van der Waals surface area contributed by atoms with Crippen molar-refractivity contribution in [3.05, 3.63) is 49.6 Å². The maximum atomic E-state index is 4.85. The average molecular weight is 179 g/mol. The number of allylic oxidation sites excluding steroid dienone is 6. The first-order chi connectivity index (χ1) is 6.22. The Balaban J connectivity index is 0. The highest BCUT2D eigenvalue weighted by atomic mass is 14.5. The summed E-state index contributed by atoms with van der Waals surface area (Å²) in [6, 6.07) is 0. The van der Waals surface area contributed by atoms with Gasteiger partial charge in [0.1, 0.15) is 0 Å². The first-order valence-corrected chi connectivity index (χ1v) is 4.51. The van der Waals surface area contributed by atoms with Crippen LogP contribution in [0, 0.1) is 5.92 Å². The fourth-order valence-corrected chi connectivity index (χ4v) is 0.572. The fraction of sp³-hybridized carbons (Fsp3) is 0.333. The molecule has 0 aliphatic carbocycles. The zero-order valence-electron chi connectivity index (χ0n) is 8.74. The van der Waals surface area contributed by atoms with Crippen LogP contribution in [0.4, 0.5) is 0 Å². The second-order valence-electron chi connectivity index (χ2n) is 2.51. The third-order valence-corrected chi connectivity index (χ3v) is 1.10. The Morgan fingerprint density at radius 1 is 1.15 bits per heavy atom. The molecule has 0 fully saturated rings. The van der Waals surface area contributed by atoms with Crippen LogP contribution in [-0.2, 0) is 0 Å². The molecule has 0 aromatic carbocycles. The smallest absolute Gasteiger partial charge is 0.00757 e. The summed E-state index contributed by atoms with van der Waals surface area (Å²) in [5.74, 6) is 0.469. The molecule has 0 rings (SSSR count). The molecule has 0 aliphatic rings. The van der Waals surface area contributed by atoms with E-state index >= 15 is 0 Å². The van der Waals surface area contributed by atoms with Gasteiger partial charge in [-0.2, -0.15) is 0 Å². The van der Waals surface area contributed by atoms with E-state index < -0.39 is 0 Å². The maximum Gasteiger partial charge on any atom is -0.00757 e. The Morgan fingerprint density at radius 2 is 1.46 bits per heavy atom. The van der Waals surface area contributed by atoms with E-state index in [2.05, 4.69) is 32.2 Å². The van der Waals surface area contributed by atoms with Crippen molar-refractivity contribution >= 4 is 0 Å². The summed E-state index contributed by atoms with van der Waals surface area (Å²) in [7, 11) is 0. The van der Waals surface area contributed by atoms with E-state index in [0.717, 1.165) is 6.54 Å². The molecule has 0 unspecified atom stereocenters. The van der Waals surface area contributed by atoms with Gasteiger partial charge >= 0.3 is 0 Å². The Kier molecular flexibility index (Phi) is 15.0. The van der Waals surface area contributed by atoms with Gasteiger partial charge in [-0.25, -0.2) is 0 Å². The molecule has 1 nitrogen and oxygen atoms in total. The normalized spacial score (nSPS) is 10.2. The van der Waals surface area contributed by atoms with Gasteiger partial charge in [0.15, 0.2) is 0 Å². The second kappa shape index (κ2) is 13.5. The van der Waals surface area contributed by atoms with E-state index in [9.17, 15) is 0 Å². The quantitative estimate of drug-likeness (QED) is 0.659. The van der Waals surface area contributed by atoms with Gasteiger partial charge in [-0.1, -0.05) is 63.5 Å². The third kappa shape index (κ3) is 18.1. The highest BCUT2D eigenvalue weighted by molar-refractivity contribution is 5.08. The van der Waals surface area contributed by atoms with Gasteiger partial charge in [-0.05, 0) is 12.5 Å². The number of rotatable bonds is 4. The van der Waals surface area contributed by atoms with Gasteiger partial charge in [0.2, 0.25) is 0 Å². The fourth-order valence-electron chi connectivity index (χ4n) is 0.572. The maximum absolute atomic E-state index is 4.85. The van der Waals surface area contributed by atoms with Crippen molar-refractivity contribution in [2.24, 2.45) is 11.7 Å². The van der Waals surface area contributed by atoms with Gasteiger partial charge in [-0.3, -0.25) is 0 Å². The molecular weight excluding hydrogens is 158 g/mol. The molecular formula is C12H21N. The Morgan fingerprint density at radius 3 is 1.69 bits per heavy atom. The second-order valence-corrected chi connectivity index (χ2v) is 2.51. The van der Waals surface area contributed by atoms with E-state index in [1.807, 2.05) is 19.1 Å². The van der Waals surface area contributed by atoms with Gasteiger partial charge < -0.3 is 5.73 Å². The average Bonchev–Trinajstić information content (AvgIpc) is 2.12. The zero-order valence-corrected chi connectivity index (χ0v) is 8.74. The summed E-state index contributed by atoms with van der Waals surface area (Å²) >= 11 is 0. The molecule has 0 bridgehead atoms. The lowest BCUT2D eigenvalue weighted by molar-refractivity contribution is 0.940. The Labute approximate surface area is 82.3 Å². The molecule has 0 amide bonds. The summed E-state index contributed by atoms with van der Waals surface area (Å²) in [6.07, 6.45) is 11.6. The van der Waals surface area contributed by atoms with Gasteiger partial charge in [0, 0.05) is 0 Å². The van der Waals surface area contributed by atoms with E-state index in [-0.39, 0.29) is 0 Å². The Bertz CT molecular complexity index is 148. The van der Waals surface area contributed by atoms with Crippen molar-refractivity contribution in [2.75, 3.05) is 6.54 Å². The Hall–Kier alpha value is -1.08. The van der Waals surface area contributed by atoms with Crippen molar-refractivity contribution in [3.63, 3.8) is 0 Å². The summed E-state index contributed by atoms with van der Waals surface area (Å²) < 4.78 is 0. The first kappa shape index (κ1) is 14.4. The molecule has 0 aliphatic heterocycles. The standard InChI is InChI=1S/C10H14.C2H7N/c1-4-6-8-10(3)9-7-5-2;1-2-3/h4-10H,1-2H2,3H3;2-3H2,1H3/b8-6-,9-7-;.